The third-order valence-electron chi connectivity index (χ3n) is 3.99. The van der Waals surface area contributed by atoms with E-state index in [0.717, 1.165) is 36.6 Å². The normalized spacial score (nSPS) is 13.2. The number of ether oxygens (including phenoxy) is 1. The second-order valence-corrected chi connectivity index (χ2v) is 9.35. The lowest BCUT2D eigenvalue weighted by atomic mass is 10.1. The highest BCUT2D eigenvalue weighted by Gasteiger charge is 2.27. The van der Waals surface area contributed by atoms with Crippen LogP contribution in [0.15, 0.2) is 36.4 Å². The van der Waals surface area contributed by atoms with Crippen LogP contribution >= 0.6 is 35.0 Å². The number of halogens is 2. The first kappa shape index (κ1) is 22.0. The molecule has 27 heavy (non-hydrogen) atoms. The molecule has 0 aliphatic heterocycles. The number of aromatic nitrogens is 2. The summed E-state index contributed by atoms with van der Waals surface area (Å²) in [5.74, 6) is 0.272. The Balaban J connectivity index is 2.00. The fourth-order valence-corrected chi connectivity index (χ4v) is 3.79. The zero-order valence-electron chi connectivity index (χ0n) is 15.6. The topological polar surface area (TPSA) is 52.1 Å². The number of carbonyl (C=O) groups is 1. The molecule has 0 saturated heterocycles. The summed E-state index contributed by atoms with van der Waals surface area (Å²) in [7, 11) is 0. The summed E-state index contributed by atoms with van der Waals surface area (Å²) in [5.41, 5.74) is 1.25. The lowest BCUT2D eigenvalue weighted by molar-refractivity contribution is 0.227. The Hall–Kier alpha value is -1.30. The first-order valence-electron chi connectivity index (χ1n) is 9.09. The van der Waals surface area contributed by atoms with Crippen LogP contribution in [-0.2, 0) is 0 Å². The summed E-state index contributed by atoms with van der Waals surface area (Å²) in [6.07, 6.45) is 6.46. The quantitative estimate of drug-likeness (QED) is 0.238. The lowest BCUT2D eigenvalue weighted by Crippen LogP contribution is -2.17. The first-order chi connectivity index (χ1) is 12.9. The molecule has 1 atom stereocenters. The largest absolute Gasteiger partial charge is 0.416 e. The zero-order chi connectivity index (χ0) is 19.7. The number of nitrogens with zero attached hydrogens (tertiary/aromatic N) is 2. The molecule has 2 rings (SSSR count). The Kier molecular flexibility index (Phi) is 8.87. The molecule has 0 aliphatic carbocycles. The van der Waals surface area contributed by atoms with Crippen LogP contribution < -0.4 is 4.74 Å². The molecule has 4 nitrogen and oxygen atoms in total. The van der Waals surface area contributed by atoms with Crippen molar-refractivity contribution in [1.82, 2.24) is 10.2 Å². The van der Waals surface area contributed by atoms with Crippen LogP contribution in [0.1, 0.15) is 52.4 Å². The maximum atomic E-state index is 12.4. The summed E-state index contributed by atoms with van der Waals surface area (Å²) in [5, 5.41) is 7.60. The molecule has 7 heteroatoms. The number of alkyl halides is 1. The van der Waals surface area contributed by atoms with Gasteiger partial charge in [0.1, 0.15) is 5.69 Å². The maximum absolute atomic E-state index is 12.4. The third-order valence-corrected chi connectivity index (χ3v) is 5.48. The van der Waals surface area contributed by atoms with E-state index in [0.29, 0.717) is 5.69 Å². The Morgan fingerprint density at radius 3 is 2.56 bits per heavy atom. The molecule has 0 bridgehead atoms. The smallest absolute Gasteiger partial charge is 0.374 e. The Morgan fingerprint density at radius 2 is 1.85 bits per heavy atom. The van der Waals surface area contributed by atoms with E-state index in [2.05, 4.69) is 17.1 Å². The number of hydrogen-bond acceptors (Lipinski definition) is 5. The molecule has 0 radical (unpaired) electrons. The van der Waals surface area contributed by atoms with Gasteiger partial charge in [-0.3, -0.25) is 0 Å². The van der Waals surface area contributed by atoms with Crippen molar-refractivity contribution >= 4 is 40.3 Å². The number of benzene rings is 1. The van der Waals surface area contributed by atoms with Gasteiger partial charge in [0.15, 0.2) is 10.9 Å². The molecule has 0 amide bonds. The molecule has 1 aromatic heterocycles. The van der Waals surface area contributed by atoms with Gasteiger partial charge in [0.25, 0.3) is 0 Å². The average molecular weight is 427 g/mol. The maximum Gasteiger partial charge on any atom is 0.374 e. The molecule has 0 saturated carbocycles. The molecule has 0 N–H and O–H groups in total. The molecule has 1 heterocycles. The van der Waals surface area contributed by atoms with Gasteiger partial charge in [0.05, 0.1) is 4.21 Å². The van der Waals surface area contributed by atoms with Gasteiger partial charge >= 0.3 is 5.30 Å². The molecular weight excluding hydrogens is 403 g/mol. The van der Waals surface area contributed by atoms with Crippen molar-refractivity contribution in [2.45, 2.75) is 56.6 Å². The SMILES string of the molecule is CCCCCCCC(C)(Cl)SC(=O)Oc1cc(Cl)nnc1-c1ccccc1. The van der Waals surface area contributed by atoms with Gasteiger partial charge in [-0.05, 0) is 25.1 Å². The monoisotopic (exact) mass is 426 g/mol. The van der Waals surface area contributed by atoms with Crippen molar-refractivity contribution < 1.29 is 9.53 Å². The van der Waals surface area contributed by atoms with Gasteiger partial charge < -0.3 is 4.74 Å². The fraction of sp³-hybridized carbons (Fsp3) is 0.450. The van der Waals surface area contributed by atoms with Gasteiger partial charge in [0, 0.05) is 11.6 Å². The summed E-state index contributed by atoms with van der Waals surface area (Å²) in [6, 6.07) is 10.9. The van der Waals surface area contributed by atoms with Crippen molar-refractivity contribution in [3.8, 4) is 17.0 Å². The van der Waals surface area contributed by atoms with Crippen LogP contribution in [0.5, 0.6) is 5.75 Å². The highest BCUT2D eigenvalue weighted by molar-refractivity contribution is 8.15. The molecule has 146 valence electrons. The van der Waals surface area contributed by atoms with E-state index in [9.17, 15) is 4.79 Å². The molecule has 1 aromatic carbocycles. The molecule has 1 unspecified atom stereocenters. The zero-order valence-corrected chi connectivity index (χ0v) is 17.9. The van der Waals surface area contributed by atoms with Gasteiger partial charge in [-0.1, -0.05) is 81.0 Å². The van der Waals surface area contributed by atoms with Crippen LogP contribution in [0, 0.1) is 0 Å². The number of rotatable bonds is 9. The van der Waals surface area contributed by atoms with Crippen LogP contribution in [-0.4, -0.2) is 19.7 Å². The molecule has 2 aromatic rings. The average Bonchev–Trinajstić information content (AvgIpc) is 2.62. The molecular formula is C20H24Cl2N2O2S. The minimum atomic E-state index is -0.708. The summed E-state index contributed by atoms with van der Waals surface area (Å²) < 4.78 is 4.81. The van der Waals surface area contributed by atoms with Crippen molar-refractivity contribution in [3.63, 3.8) is 0 Å². The Bertz CT molecular complexity index is 742. The van der Waals surface area contributed by atoms with E-state index in [1.54, 1.807) is 0 Å². The molecule has 0 aliphatic rings. The summed E-state index contributed by atoms with van der Waals surface area (Å²) in [6.45, 7) is 4.03. The highest BCUT2D eigenvalue weighted by atomic mass is 35.5. The predicted octanol–water partition coefficient (Wildman–Crippen LogP) is 7.34. The second kappa shape index (κ2) is 10.9. The van der Waals surface area contributed by atoms with Crippen molar-refractivity contribution in [1.29, 1.82) is 0 Å². The summed E-state index contributed by atoms with van der Waals surface area (Å²) in [4.78, 5) is 12.4. The third kappa shape index (κ3) is 7.68. The standard InChI is InChI=1S/C20H24Cl2N2O2S/c1-3-4-5-6-10-13-20(2,22)27-19(25)26-16-14-17(21)23-24-18(16)15-11-8-7-9-12-15/h7-9,11-12,14H,3-6,10,13H2,1-2H3. The number of carbonyl (C=O) groups excluding carboxylic acids is 1. The van der Waals surface area contributed by atoms with E-state index < -0.39 is 9.51 Å². The van der Waals surface area contributed by atoms with Gasteiger partial charge in [-0.25, -0.2) is 4.79 Å². The van der Waals surface area contributed by atoms with Crippen LogP contribution in [0.25, 0.3) is 11.3 Å². The Labute approximate surface area is 175 Å². The van der Waals surface area contributed by atoms with Crippen LogP contribution in [0.3, 0.4) is 0 Å². The van der Waals surface area contributed by atoms with Crippen molar-refractivity contribution in [2.24, 2.45) is 0 Å². The molecule has 0 fully saturated rings. The van der Waals surface area contributed by atoms with Gasteiger partial charge in [-0.15, -0.1) is 21.8 Å². The van der Waals surface area contributed by atoms with Crippen molar-refractivity contribution in [2.75, 3.05) is 0 Å². The molecule has 0 spiro atoms. The number of thioether (sulfide) groups is 1. The first-order valence-corrected chi connectivity index (χ1v) is 10.7. The summed E-state index contributed by atoms with van der Waals surface area (Å²) >= 11 is 13.4. The van der Waals surface area contributed by atoms with Crippen LogP contribution in [0.2, 0.25) is 5.15 Å². The van der Waals surface area contributed by atoms with E-state index in [1.165, 1.54) is 25.3 Å². The van der Waals surface area contributed by atoms with Crippen molar-refractivity contribution in [3.05, 3.63) is 41.6 Å². The van der Waals surface area contributed by atoms with E-state index in [-0.39, 0.29) is 10.9 Å². The van der Waals surface area contributed by atoms with E-state index in [4.69, 9.17) is 27.9 Å². The minimum Gasteiger partial charge on any atom is -0.416 e. The predicted molar refractivity (Wildman–Crippen MR) is 114 cm³/mol. The van der Waals surface area contributed by atoms with E-state index >= 15 is 0 Å². The Morgan fingerprint density at radius 1 is 1.15 bits per heavy atom. The highest BCUT2D eigenvalue weighted by Crippen LogP contribution is 2.38. The number of hydrogen-bond donors (Lipinski definition) is 0. The minimum absolute atomic E-state index is 0.159. The second-order valence-electron chi connectivity index (χ2n) is 6.47. The van der Waals surface area contributed by atoms with Gasteiger partial charge in [-0.2, -0.15) is 0 Å². The number of unbranched alkanes of at least 4 members (excludes halogenated alkanes) is 4. The van der Waals surface area contributed by atoms with Crippen LogP contribution in [0.4, 0.5) is 4.79 Å². The fourth-order valence-electron chi connectivity index (χ4n) is 2.61. The lowest BCUT2D eigenvalue weighted by Gasteiger charge is -2.20. The van der Waals surface area contributed by atoms with E-state index in [1.807, 2.05) is 37.3 Å². The van der Waals surface area contributed by atoms with Gasteiger partial charge in [0.2, 0.25) is 0 Å².